The number of para-hydroxylation sites is 1. The lowest BCUT2D eigenvalue weighted by Gasteiger charge is -2.32. The molecule has 2 aromatic rings. The maximum atomic E-state index is 9.49. The van der Waals surface area contributed by atoms with Crippen LogP contribution in [0.2, 0.25) is 0 Å². The average molecular weight is 281 g/mol. The van der Waals surface area contributed by atoms with Crippen molar-refractivity contribution in [1.82, 2.24) is 4.98 Å². The topological polar surface area (TPSA) is 39.9 Å². The zero-order valence-corrected chi connectivity index (χ0v) is 13.1. The Hall–Kier alpha value is -2.08. The number of aromatic nitrogens is 1. The molecule has 110 valence electrons. The molecule has 0 aliphatic heterocycles. The van der Waals surface area contributed by atoms with E-state index in [1.54, 1.807) is 6.20 Å². The molecule has 0 fully saturated rings. The highest BCUT2D eigenvalue weighted by atomic mass is 15.2. The van der Waals surface area contributed by atoms with Crippen molar-refractivity contribution < 1.29 is 0 Å². The first kappa shape index (κ1) is 15.3. The number of anilines is 1. The van der Waals surface area contributed by atoms with Crippen molar-refractivity contribution in [3.05, 3.63) is 36.0 Å². The Morgan fingerprint density at radius 1 is 1.29 bits per heavy atom. The van der Waals surface area contributed by atoms with Gasteiger partial charge in [-0.1, -0.05) is 38.5 Å². The summed E-state index contributed by atoms with van der Waals surface area (Å²) < 4.78 is 0. The van der Waals surface area contributed by atoms with Crippen molar-refractivity contribution in [3.63, 3.8) is 0 Å². The molecule has 0 spiro atoms. The van der Waals surface area contributed by atoms with Crippen LogP contribution in [0.3, 0.4) is 0 Å². The number of unbranched alkanes of at least 4 members (excludes halogenated alkanes) is 1. The van der Waals surface area contributed by atoms with E-state index in [2.05, 4.69) is 42.8 Å². The molecule has 3 nitrogen and oxygen atoms in total. The molecule has 0 saturated carbocycles. The van der Waals surface area contributed by atoms with Crippen molar-refractivity contribution >= 4 is 16.6 Å². The van der Waals surface area contributed by atoms with Gasteiger partial charge in [0.2, 0.25) is 0 Å². The van der Waals surface area contributed by atoms with E-state index in [1.165, 1.54) is 0 Å². The minimum atomic E-state index is 0.412. The lowest BCUT2D eigenvalue weighted by Crippen LogP contribution is -2.34. The number of pyridine rings is 1. The van der Waals surface area contributed by atoms with Gasteiger partial charge in [0.25, 0.3) is 0 Å². The van der Waals surface area contributed by atoms with E-state index in [9.17, 15) is 5.26 Å². The fourth-order valence-electron chi connectivity index (χ4n) is 2.62. The molecule has 0 amide bonds. The minimum absolute atomic E-state index is 0.412. The highest BCUT2D eigenvalue weighted by Gasteiger charge is 2.19. The Kier molecular flexibility index (Phi) is 5.16. The number of hydrogen-bond acceptors (Lipinski definition) is 3. The smallest absolute Gasteiger partial charge is 0.103 e. The molecule has 1 aromatic heterocycles. The molecule has 1 aromatic carbocycles. The lowest BCUT2D eigenvalue weighted by atomic mass is 10.1. The number of rotatable bonds is 6. The van der Waals surface area contributed by atoms with Gasteiger partial charge in [0, 0.05) is 24.2 Å². The van der Waals surface area contributed by atoms with Crippen LogP contribution in [0.5, 0.6) is 0 Å². The van der Waals surface area contributed by atoms with Gasteiger partial charge in [0.1, 0.15) is 6.07 Å². The molecule has 3 heteroatoms. The van der Waals surface area contributed by atoms with Gasteiger partial charge >= 0.3 is 0 Å². The van der Waals surface area contributed by atoms with E-state index in [4.69, 9.17) is 0 Å². The van der Waals surface area contributed by atoms with Gasteiger partial charge in [-0.3, -0.25) is 4.98 Å². The van der Waals surface area contributed by atoms with E-state index in [1.807, 2.05) is 18.2 Å². The number of benzene rings is 1. The van der Waals surface area contributed by atoms with E-state index >= 15 is 0 Å². The molecule has 0 bridgehead atoms. The Bertz CT molecular complexity index is 642. The molecule has 2 rings (SSSR count). The monoisotopic (exact) mass is 281 g/mol. The first-order chi connectivity index (χ1) is 10.2. The van der Waals surface area contributed by atoms with Crippen LogP contribution in [0.15, 0.2) is 30.5 Å². The summed E-state index contributed by atoms with van der Waals surface area (Å²) >= 11 is 0. The Morgan fingerprint density at radius 2 is 2.05 bits per heavy atom. The summed E-state index contributed by atoms with van der Waals surface area (Å²) in [5.41, 5.74) is 2.67. The number of nitrogens with zero attached hydrogens (tertiary/aromatic N) is 3. The molecule has 0 radical (unpaired) electrons. The van der Waals surface area contributed by atoms with Crippen LogP contribution in [0, 0.1) is 11.3 Å². The average Bonchev–Trinajstić information content (AvgIpc) is 2.54. The quantitative estimate of drug-likeness (QED) is 0.782. The zero-order valence-electron chi connectivity index (χ0n) is 13.1. The number of hydrogen-bond donors (Lipinski definition) is 0. The normalized spacial score (nSPS) is 12.1. The van der Waals surface area contributed by atoms with E-state index in [0.717, 1.165) is 42.4 Å². The minimum Gasteiger partial charge on any atom is -0.367 e. The third kappa shape index (κ3) is 3.16. The summed E-state index contributed by atoms with van der Waals surface area (Å²) in [6.45, 7) is 7.60. The lowest BCUT2D eigenvalue weighted by molar-refractivity contribution is 0.597. The Balaban J connectivity index is 2.61. The zero-order chi connectivity index (χ0) is 15.2. The molecule has 1 atom stereocenters. The third-order valence-corrected chi connectivity index (χ3v) is 4.03. The number of fused-ring (bicyclic) bond motifs is 1. The summed E-state index contributed by atoms with van der Waals surface area (Å²) in [5, 5.41) is 10.6. The summed E-state index contributed by atoms with van der Waals surface area (Å²) in [7, 11) is 0. The van der Waals surface area contributed by atoms with Crippen molar-refractivity contribution in [2.45, 2.75) is 46.1 Å². The van der Waals surface area contributed by atoms with Crippen LogP contribution in [-0.4, -0.2) is 17.6 Å². The maximum absolute atomic E-state index is 9.49. The highest BCUT2D eigenvalue weighted by Crippen LogP contribution is 2.31. The largest absolute Gasteiger partial charge is 0.367 e. The third-order valence-electron chi connectivity index (χ3n) is 4.03. The second-order valence-corrected chi connectivity index (χ2v) is 5.45. The van der Waals surface area contributed by atoms with Gasteiger partial charge in [-0.25, -0.2) is 0 Å². The molecule has 0 N–H and O–H groups in total. The summed E-state index contributed by atoms with van der Waals surface area (Å²) in [6.07, 6.45) is 5.05. The Morgan fingerprint density at radius 3 is 2.71 bits per heavy atom. The summed E-state index contributed by atoms with van der Waals surface area (Å²) in [6, 6.07) is 10.8. The maximum Gasteiger partial charge on any atom is 0.103 e. The summed E-state index contributed by atoms with van der Waals surface area (Å²) in [5.74, 6) is 0. The van der Waals surface area contributed by atoms with Crippen molar-refractivity contribution in [2.24, 2.45) is 0 Å². The highest BCUT2D eigenvalue weighted by molar-refractivity contribution is 5.94. The van der Waals surface area contributed by atoms with Crippen molar-refractivity contribution in [1.29, 1.82) is 5.26 Å². The number of nitriles is 1. The van der Waals surface area contributed by atoms with Crippen LogP contribution >= 0.6 is 0 Å². The summed E-state index contributed by atoms with van der Waals surface area (Å²) in [4.78, 5) is 6.79. The molecular formula is C18H23N3. The fraction of sp³-hybridized carbons (Fsp3) is 0.444. The fourth-order valence-corrected chi connectivity index (χ4v) is 2.62. The van der Waals surface area contributed by atoms with E-state index in [-0.39, 0.29) is 0 Å². The van der Waals surface area contributed by atoms with Crippen LogP contribution in [0.25, 0.3) is 10.9 Å². The molecule has 0 aliphatic rings. The van der Waals surface area contributed by atoms with E-state index in [0.29, 0.717) is 11.6 Å². The standard InChI is InChI=1S/C18H23N3/c1-4-6-11-21(14(3)5-2)18-15(12-19)13-20-17-10-8-7-9-16(17)18/h7-10,13-14H,4-6,11H2,1-3H3. The van der Waals surface area contributed by atoms with Gasteiger partial charge in [-0.2, -0.15) is 5.26 Å². The second-order valence-electron chi connectivity index (χ2n) is 5.45. The predicted octanol–water partition coefficient (Wildman–Crippen LogP) is 4.51. The molecule has 21 heavy (non-hydrogen) atoms. The van der Waals surface area contributed by atoms with E-state index < -0.39 is 0 Å². The van der Waals surface area contributed by atoms with Gasteiger partial charge in [0.15, 0.2) is 0 Å². The molecular weight excluding hydrogens is 258 g/mol. The molecule has 1 heterocycles. The first-order valence-corrected chi connectivity index (χ1v) is 7.77. The predicted molar refractivity (Wildman–Crippen MR) is 88.5 cm³/mol. The second kappa shape index (κ2) is 7.08. The van der Waals surface area contributed by atoms with Gasteiger partial charge in [0.05, 0.1) is 16.8 Å². The van der Waals surface area contributed by atoms with Crippen molar-refractivity contribution in [3.8, 4) is 6.07 Å². The van der Waals surface area contributed by atoms with Crippen LogP contribution in [0.1, 0.15) is 45.6 Å². The van der Waals surface area contributed by atoms with Gasteiger partial charge in [-0.05, 0) is 25.8 Å². The van der Waals surface area contributed by atoms with Crippen LogP contribution in [-0.2, 0) is 0 Å². The Labute approximate surface area is 127 Å². The van der Waals surface area contributed by atoms with Crippen LogP contribution < -0.4 is 4.90 Å². The van der Waals surface area contributed by atoms with Gasteiger partial charge in [-0.15, -0.1) is 0 Å². The van der Waals surface area contributed by atoms with Crippen molar-refractivity contribution in [2.75, 3.05) is 11.4 Å². The molecule has 0 aliphatic carbocycles. The van der Waals surface area contributed by atoms with Crippen LogP contribution in [0.4, 0.5) is 5.69 Å². The first-order valence-electron chi connectivity index (χ1n) is 7.77. The SMILES string of the molecule is CCCCN(c1c(C#N)cnc2ccccc12)C(C)CC. The molecule has 0 saturated heterocycles. The van der Waals surface area contributed by atoms with Gasteiger partial charge < -0.3 is 4.90 Å². The molecule has 1 unspecified atom stereocenters.